The zero-order valence-electron chi connectivity index (χ0n) is 13.4. The summed E-state index contributed by atoms with van der Waals surface area (Å²) < 4.78 is 0. The SMILES string of the molecule is CCCCN(C)c1cnnc(NCCc2ccc(Cl)cc2Cl)n1. The Morgan fingerprint density at radius 2 is 2.09 bits per heavy atom. The summed E-state index contributed by atoms with van der Waals surface area (Å²) >= 11 is 12.1. The number of halogens is 2. The quantitative estimate of drug-likeness (QED) is 0.775. The van der Waals surface area contributed by atoms with Gasteiger partial charge in [0, 0.05) is 30.2 Å². The van der Waals surface area contributed by atoms with Gasteiger partial charge in [0.25, 0.3) is 0 Å². The van der Waals surface area contributed by atoms with Gasteiger partial charge in [-0.3, -0.25) is 0 Å². The van der Waals surface area contributed by atoms with Gasteiger partial charge in [-0.2, -0.15) is 10.1 Å². The number of benzene rings is 1. The van der Waals surface area contributed by atoms with Crippen molar-refractivity contribution in [1.82, 2.24) is 15.2 Å². The number of aromatic nitrogens is 3. The number of nitrogens with one attached hydrogen (secondary N) is 1. The molecule has 0 aliphatic heterocycles. The normalized spacial score (nSPS) is 10.6. The lowest BCUT2D eigenvalue weighted by Gasteiger charge is -2.17. The predicted octanol–water partition coefficient (Wildman–Crippen LogP) is 4.07. The molecule has 1 heterocycles. The van der Waals surface area contributed by atoms with Crippen LogP contribution in [0.15, 0.2) is 24.4 Å². The molecular formula is C16H21Cl2N5. The van der Waals surface area contributed by atoms with E-state index in [1.807, 2.05) is 19.2 Å². The summed E-state index contributed by atoms with van der Waals surface area (Å²) in [5.41, 5.74) is 1.03. The van der Waals surface area contributed by atoms with E-state index >= 15 is 0 Å². The van der Waals surface area contributed by atoms with Gasteiger partial charge in [-0.15, -0.1) is 5.10 Å². The number of hydrogen-bond donors (Lipinski definition) is 1. The highest BCUT2D eigenvalue weighted by Crippen LogP contribution is 2.21. The lowest BCUT2D eigenvalue weighted by molar-refractivity contribution is 0.753. The molecule has 0 aliphatic carbocycles. The van der Waals surface area contributed by atoms with Crippen molar-refractivity contribution in [3.05, 3.63) is 40.0 Å². The van der Waals surface area contributed by atoms with Crippen molar-refractivity contribution in [2.24, 2.45) is 0 Å². The first kappa shape index (κ1) is 17.8. The van der Waals surface area contributed by atoms with Gasteiger partial charge in [-0.05, 0) is 30.5 Å². The molecule has 0 saturated carbocycles. The van der Waals surface area contributed by atoms with Crippen molar-refractivity contribution in [3.63, 3.8) is 0 Å². The zero-order chi connectivity index (χ0) is 16.7. The number of rotatable bonds is 8. The smallest absolute Gasteiger partial charge is 0.244 e. The summed E-state index contributed by atoms with van der Waals surface area (Å²) in [6.45, 7) is 3.79. The Bertz CT molecular complexity index is 636. The molecule has 1 aromatic carbocycles. The summed E-state index contributed by atoms with van der Waals surface area (Å²) in [4.78, 5) is 6.56. The van der Waals surface area contributed by atoms with Crippen LogP contribution >= 0.6 is 23.2 Å². The van der Waals surface area contributed by atoms with Gasteiger partial charge in [0.05, 0.1) is 6.20 Å². The van der Waals surface area contributed by atoms with Crippen LogP contribution < -0.4 is 10.2 Å². The second-order valence-corrected chi connectivity index (χ2v) is 6.17. The molecule has 0 spiro atoms. The highest BCUT2D eigenvalue weighted by Gasteiger charge is 2.06. The van der Waals surface area contributed by atoms with Gasteiger partial charge in [-0.25, -0.2) is 0 Å². The van der Waals surface area contributed by atoms with E-state index in [-0.39, 0.29) is 0 Å². The molecule has 5 nitrogen and oxygen atoms in total. The van der Waals surface area contributed by atoms with Gasteiger partial charge in [0.15, 0.2) is 5.82 Å². The largest absolute Gasteiger partial charge is 0.358 e. The maximum absolute atomic E-state index is 6.16. The minimum absolute atomic E-state index is 0.524. The fourth-order valence-electron chi connectivity index (χ4n) is 2.10. The summed E-state index contributed by atoms with van der Waals surface area (Å²) in [6, 6.07) is 5.52. The van der Waals surface area contributed by atoms with Crippen LogP contribution in [0, 0.1) is 0 Å². The molecule has 0 bridgehead atoms. The Kier molecular flexibility index (Phi) is 6.86. The minimum Gasteiger partial charge on any atom is -0.358 e. The molecule has 0 amide bonds. The van der Waals surface area contributed by atoms with E-state index in [4.69, 9.17) is 23.2 Å². The van der Waals surface area contributed by atoms with Crippen LogP contribution in [-0.4, -0.2) is 35.3 Å². The molecule has 2 rings (SSSR count). The second-order valence-electron chi connectivity index (χ2n) is 5.33. The van der Waals surface area contributed by atoms with E-state index in [1.165, 1.54) is 0 Å². The van der Waals surface area contributed by atoms with Crippen LogP contribution in [0.25, 0.3) is 0 Å². The second kappa shape index (κ2) is 8.89. The first-order chi connectivity index (χ1) is 11.1. The fourth-order valence-corrected chi connectivity index (χ4v) is 2.60. The average molecular weight is 354 g/mol. The highest BCUT2D eigenvalue weighted by atomic mass is 35.5. The summed E-state index contributed by atoms with van der Waals surface area (Å²) in [5, 5.41) is 12.5. The summed E-state index contributed by atoms with van der Waals surface area (Å²) in [5.74, 6) is 1.34. The van der Waals surface area contributed by atoms with E-state index in [2.05, 4.69) is 32.3 Å². The molecule has 0 unspecified atom stereocenters. The Balaban J connectivity index is 1.90. The van der Waals surface area contributed by atoms with Crippen LogP contribution in [0.4, 0.5) is 11.8 Å². The number of hydrogen-bond acceptors (Lipinski definition) is 5. The lowest BCUT2D eigenvalue weighted by Crippen LogP contribution is -2.21. The third kappa shape index (κ3) is 5.52. The molecule has 0 aliphatic rings. The Hall–Kier alpha value is -1.59. The first-order valence-electron chi connectivity index (χ1n) is 7.68. The third-order valence-electron chi connectivity index (χ3n) is 3.48. The zero-order valence-corrected chi connectivity index (χ0v) is 14.9. The van der Waals surface area contributed by atoms with Crippen LogP contribution in [0.3, 0.4) is 0 Å². The topological polar surface area (TPSA) is 53.9 Å². The van der Waals surface area contributed by atoms with Crippen molar-refractivity contribution in [3.8, 4) is 0 Å². The molecule has 1 N–H and O–H groups in total. The van der Waals surface area contributed by atoms with Gasteiger partial charge in [0.2, 0.25) is 5.95 Å². The minimum atomic E-state index is 0.524. The highest BCUT2D eigenvalue weighted by molar-refractivity contribution is 6.35. The molecular weight excluding hydrogens is 333 g/mol. The van der Waals surface area contributed by atoms with Gasteiger partial charge in [0.1, 0.15) is 0 Å². The number of nitrogens with zero attached hydrogens (tertiary/aromatic N) is 4. The molecule has 2 aromatic rings. The van der Waals surface area contributed by atoms with E-state index in [0.717, 1.165) is 37.2 Å². The van der Waals surface area contributed by atoms with E-state index < -0.39 is 0 Å². The number of unbranched alkanes of at least 4 members (excludes halogenated alkanes) is 1. The van der Waals surface area contributed by atoms with Crippen molar-refractivity contribution in [1.29, 1.82) is 0 Å². The van der Waals surface area contributed by atoms with Crippen molar-refractivity contribution in [2.75, 3.05) is 30.4 Å². The van der Waals surface area contributed by atoms with Gasteiger partial charge < -0.3 is 10.2 Å². The van der Waals surface area contributed by atoms with E-state index in [9.17, 15) is 0 Å². The molecule has 23 heavy (non-hydrogen) atoms. The van der Waals surface area contributed by atoms with Crippen LogP contribution in [0.2, 0.25) is 10.0 Å². The lowest BCUT2D eigenvalue weighted by atomic mass is 10.1. The van der Waals surface area contributed by atoms with Gasteiger partial charge in [-0.1, -0.05) is 42.6 Å². The Morgan fingerprint density at radius 3 is 2.83 bits per heavy atom. The Morgan fingerprint density at radius 1 is 1.26 bits per heavy atom. The molecule has 0 atom stereocenters. The first-order valence-corrected chi connectivity index (χ1v) is 8.44. The standard InChI is InChI=1S/C16H21Cl2N5/c1-3-4-9-23(2)15-11-20-22-16(21-15)19-8-7-12-5-6-13(17)10-14(12)18/h5-6,10-11H,3-4,7-9H2,1-2H3,(H,19,21,22). The number of anilines is 2. The average Bonchev–Trinajstić information content (AvgIpc) is 2.55. The van der Waals surface area contributed by atoms with Crippen molar-refractivity contribution < 1.29 is 0 Å². The molecule has 0 radical (unpaired) electrons. The van der Waals surface area contributed by atoms with E-state index in [0.29, 0.717) is 22.5 Å². The van der Waals surface area contributed by atoms with Crippen molar-refractivity contribution >= 4 is 35.0 Å². The van der Waals surface area contributed by atoms with Crippen LogP contribution in [0.1, 0.15) is 25.3 Å². The molecule has 0 saturated heterocycles. The van der Waals surface area contributed by atoms with Crippen LogP contribution in [0.5, 0.6) is 0 Å². The predicted molar refractivity (Wildman–Crippen MR) is 96.7 cm³/mol. The maximum atomic E-state index is 6.16. The molecule has 7 heteroatoms. The summed E-state index contributed by atoms with van der Waals surface area (Å²) in [7, 11) is 2.01. The molecule has 124 valence electrons. The third-order valence-corrected chi connectivity index (χ3v) is 4.06. The molecule has 1 aromatic heterocycles. The van der Waals surface area contributed by atoms with Crippen LogP contribution in [-0.2, 0) is 6.42 Å². The maximum Gasteiger partial charge on any atom is 0.244 e. The monoisotopic (exact) mass is 353 g/mol. The van der Waals surface area contributed by atoms with Crippen molar-refractivity contribution in [2.45, 2.75) is 26.2 Å². The summed E-state index contributed by atoms with van der Waals surface area (Å²) in [6.07, 6.45) is 4.71. The molecule has 0 fully saturated rings. The van der Waals surface area contributed by atoms with E-state index in [1.54, 1.807) is 12.3 Å². The Labute approximate surface area is 147 Å². The fraction of sp³-hybridized carbons (Fsp3) is 0.438. The van der Waals surface area contributed by atoms with Gasteiger partial charge >= 0.3 is 0 Å².